The second kappa shape index (κ2) is 6.13. The Morgan fingerprint density at radius 2 is 1.78 bits per heavy atom. The van der Waals surface area contributed by atoms with E-state index in [4.69, 9.17) is 5.84 Å². The summed E-state index contributed by atoms with van der Waals surface area (Å²) in [6.07, 6.45) is -3.02. The second-order valence-corrected chi connectivity index (χ2v) is 4.69. The number of carbonyl (C=O) groups excluding carboxylic acids is 1. The summed E-state index contributed by atoms with van der Waals surface area (Å²) in [6.45, 7) is 0. The molecule has 6 nitrogen and oxygen atoms in total. The maximum absolute atomic E-state index is 12.5. The summed E-state index contributed by atoms with van der Waals surface area (Å²) in [5, 5.41) is 2.74. The van der Waals surface area contributed by atoms with Crippen LogP contribution >= 0.6 is 0 Å². The van der Waals surface area contributed by atoms with Gasteiger partial charge in [-0.1, -0.05) is 0 Å². The van der Waals surface area contributed by atoms with Crippen molar-refractivity contribution >= 4 is 17.3 Å². The smallest absolute Gasteiger partial charge is 0.355 e. The summed E-state index contributed by atoms with van der Waals surface area (Å²) in [6, 6.07) is 5.64. The summed E-state index contributed by atoms with van der Waals surface area (Å²) in [5.74, 6) is 4.25. The molecule has 4 N–H and O–H groups in total. The lowest BCUT2D eigenvalue weighted by molar-refractivity contribution is -0.137. The van der Waals surface area contributed by atoms with E-state index < -0.39 is 23.2 Å². The van der Waals surface area contributed by atoms with Crippen LogP contribution in [0.15, 0.2) is 41.3 Å². The molecule has 1 amide bonds. The van der Waals surface area contributed by atoms with Crippen molar-refractivity contribution in [3.8, 4) is 0 Å². The molecule has 1 aromatic heterocycles. The van der Waals surface area contributed by atoms with Gasteiger partial charge in [0.2, 0.25) is 0 Å². The molecule has 0 atom stereocenters. The molecule has 1 heterocycles. The van der Waals surface area contributed by atoms with Crippen LogP contribution in [0, 0.1) is 0 Å². The van der Waals surface area contributed by atoms with Gasteiger partial charge in [-0.3, -0.25) is 15.0 Å². The number of alkyl halides is 3. The van der Waals surface area contributed by atoms with Crippen LogP contribution in [0.25, 0.3) is 0 Å². The molecule has 0 radical (unpaired) electrons. The Morgan fingerprint density at radius 1 is 1.17 bits per heavy atom. The number of anilines is 2. The fourth-order valence-electron chi connectivity index (χ4n) is 1.92. The number of benzene rings is 1. The number of nitrogen functional groups attached to an aromatic ring is 1. The minimum atomic E-state index is -4.44. The molecular formula is C14H13F3N4O2. The van der Waals surface area contributed by atoms with Gasteiger partial charge in [0.05, 0.1) is 11.3 Å². The fourth-order valence-corrected chi connectivity index (χ4v) is 1.92. The molecular weight excluding hydrogens is 313 g/mol. The van der Waals surface area contributed by atoms with Gasteiger partial charge in [-0.25, -0.2) is 5.84 Å². The number of hydrazine groups is 1. The lowest BCUT2D eigenvalue weighted by Gasteiger charge is -2.13. The van der Waals surface area contributed by atoms with E-state index in [1.807, 2.05) is 5.43 Å². The number of nitrogens with zero attached hydrogens (tertiary/aromatic N) is 1. The van der Waals surface area contributed by atoms with Crippen molar-refractivity contribution in [2.75, 3.05) is 5.32 Å². The van der Waals surface area contributed by atoms with Crippen LogP contribution in [0.2, 0.25) is 0 Å². The molecule has 0 aliphatic heterocycles. The maximum Gasteiger partial charge on any atom is 0.416 e. The van der Waals surface area contributed by atoms with Crippen LogP contribution in [0.4, 0.5) is 24.5 Å². The molecule has 23 heavy (non-hydrogen) atoms. The third-order valence-corrected chi connectivity index (χ3v) is 3.12. The lowest BCUT2D eigenvalue weighted by atomic mass is 10.1. The predicted molar refractivity (Wildman–Crippen MR) is 78.1 cm³/mol. The summed E-state index contributed by atoms with van der Waals surface area (Å²) in [5.41, 5.74) is 0.657. The van der Waals surface area contributed by atoms with Crippen molar-refractivity contribution in [3.63, 3.8) is 0 Å². The van der Waals surface area contributed by atoms with Crippen molar-refractivity contribution in [2.45, 2.75) is 6.18 Å². The number of hydrogen-bond donors (Lipinski definition) is 3. The van der Waals surface area contributed by atoms with Crippen LogP contribution < -0.4 is 22.1 Å². The molecule has 9 heteroatoms. The first-order valence-electron chi connectivity index (χ1n) is 6.39. The van der Waals surface area contributed by atoms with Crippen molar-refractivity contribution < 1.29 is 18.0 Å². The Hall–Kier alpha value is -2.81. The van der Waals surface area contributed by atoms with Crippen molar-refractivity contribution in [1.29, 1.82) is 0 Å². The topological polar surface area (TPSA) is 89.2 Å². The van der Waals surface area contributed by atoms with E-state index in [0.29, 0.717) is 0 Å². The highest BCUT2D eigenvalue weighted by Gasteiger charge is 2.30. The number of nitrogens with one attached hydrogen (secondary N) is 2. The quantitative estimate of drug-likeness (QED) is 0.455. The summed E-state index contributed by atoms with van der Waals surface area (Å²) in [4.78, 5) is 23.8. The Morgan fingerprint density at radius 3 is 2.30 bits per heavy atom. The zero-order valence-electron chi connectivity index (χ0n) is 11.9. The number of pyridine rings is 1. The van der Waals surface area contributed by atoms with Gasteiger partial charge in [0.25, 0.3) is 11.5 Å². The largest absolute Gasteiger partial charge is 0.416 e. The molecule has 0 aliphatic carbocycles. The van der Waals surface area contributed by atoms with Gasteiger partial charge in [-0.05, 0) is 30.3 Å². The van der Waals surface area contributed by atoms with E-state index in [1.54, 1.807) is 0 Å². The van der Waals surface area contributed by atoms with Gasteiger partial charge in [0.1, 0.15) is 5.56 Å². The van der Waals surface area contributed by atoms with E-state index in [2.05, 4.69) is 5.32 Å². The number of amides is 1. The van der Waals surface area contributed by atoms with Gasteiger partial charge in [-0.15, -0.1) is 0 Å². The Kier molecular flexibility index (Phi) is 4.41. The average molecular weight is 326 g/mol. The monoisotopic (exact) mass is 326 g/mol. The molecule has 0 saturated carbocycles. The van der Waals surface area contributed by atoms with Crippen LogP contribution in [-0.2, 0) is 13.2 Å². The average Bonchev–Trinajstić information content (AvgIpc) is 2.50. The molecule has 0 unspecified atom stereocenters. The third kappa shape index (κ3) is 3.51. The zero-order valence-corrected chi connectivity index (χ0v) is 11.9. The number of aromatic nitrogens is 1. The van der Waals surface area contributed by atoms with Gasteiger partial charge >= 0.3 is 6.18 Å². The molecule has 0 aliphatic rings. The lowest BCUT2D eigenvalue weighted by Crippen LogP contribution is -2.36. The van der Waals surface area contributed by atoms with E-state index in [9.17, 15) is 22.8 Å². The molecule has 0 fully saturated rings. The zero-order chi connectivity index (χ0) is 17.2. The number of carbonyl (C=O) groups is 1. The third-order valence-electron chi connectivity index (χ3n) is 3.12. The minimum absolute atomic E-state index is 0.135. The van der Waals surface area contributed by atoms with Crippen molar-refractivity contribution in [1.82, 2.24) is 9.99 Å². The fraction of sp³-hybridized carbons (Fsp3) is 0.143. The summed E-state index contributed by atoms with van der Waals surface area (Å²) >= 11 is 0. The summed E-state index contributed by atoms with van der Waals surface area (Å²) < 4.78 is 38.8. The van der Waals surface area contributed by atoms with Gasteiger partial charge < -0.3 is 9.88 Å². The first kappa shape index (κ1) is 16.6. The van der Waals surface area contributed by atoms with Crippen LogP contribution in [0.1, 0.15) is 15.9 Å². The van der Waals surface area contributed by atoms with Crippen LogP contribution in [0.5, 0.6) is 0 Å². The predicted octanol–water partition coefficient (Wildman–Crippen LogP) is 1.75. The number of rotatable bonds is 3. The maximum atomic E-state index is 12.5. The molecule has 2 rings (SSSR count). The molecule has 0 saturated heterocycles. The van der Waals surface area contributed by atoms with E-state index in [1.165, 1.54) is 36.0 Å². The molecule has 122 valence electrons. The van der Waals surface area contributed by atoms with E-state index >= 15 is 0 Å². The SMILES string of the molecule is Cn1ccc(Nc2ccc(C(F)(F)F)cc2)c(C(=O)NN)c1=O. The number of nitrogens with two attached hydrogens (primary N) is 1. The normalized spacial score (nSPS) is 11.2. The first-order chi connectivity index (χ1) is 10.7. The molecule has 0 bridgehead atoms. The molecule has 0 spiro atoms. The Bertz CT molecular complexity index is 782. The number of halogens is 3. The highest BCUT2D eigenvalue weighted by Crippen LogP contribution is 2.30. The van der Waals surface area contributed by atoms with E-state index in [-0.39, 0.29) is 16.9 Å². The van der Waals surface area contributed by atoms with E-state index in [0.717, 1.165) is 12.1 Å². The van der Waals surface area contributed by atoms with Gasteiger partial charge in [0, 0.05) is 18.9 Å². The molecule has 2 aromatic rings. The second-order valence-electron chi connectivity index (χ2n) is 4.69. The number of hydrogen-bond acceptors (Lipinski definition) is 4. The minimum Gasteiger partial charge on any atom is -0.355 e. The molecule has 1 aromatic carbocycles. The van der Waals surface area contributed by atoms with Crippen LogP contribution in [0.3, 0.4) is 0 Å². The van der Waals surface area contributed by atoms with Gasteiger partial charge in [0.15, 0.2) is 0 Å². The standard InChI is InChI=1S/C14H13F3N4O2/c1-21-7-6-10(11(13(21)23)12(22)20-18)19-9-4-2-8(3-5-9)14(15,16)17/h2-7,19H,18H2,1H3,(H,20,22). The van der Waals surface area contributed by atoms with Gasteiger partial charge in [-0.2, -0.15) is 13.2 Å². The Balaban J connectivity index is 2.39. The van der Waals surface area contributed by atoms with Crippen molar-refractivity contribution in [3.05, 3.63) is 58.0 Å². The highest BCUT2D eigenvalue weighted by atomic mass is 19.4. The van der Waals surface area contributed by atoms with Crippen molar-refractivity contribution in [2.24, 2.45) is 12.9 Å². The highest BCUT2D eigenvalue weighted by molar-refractivity contribution is 5.99. The summed E-state index contributed by atoms with van der Waals surface area (Å²) in [7, 11) is 1.46. The first-order valence-corrected chi connectivity index (χ1v) is 6.39. The number of aryl methyl sites for hydroxylation is 1. The van der Waals surface area contributed by atoms with Crippen LogP contribution in [-0.4, -0.2) is 10.5 Å². The Labute approximate surface area is 128 Å².